The number of carboxylic acids is 1. The van der Waals surface area contributed by atoms with Crippen molar-refractivity contribution >= 4 is 23.2 Å². The van der Waals surface area contributed by atoms with E-state index in [9.17, 15) is 9.59 Å². The molecule has 0 radical (unpaired) electrons. The van der Waals surface area contributed by atoms with E-state index >= 15 is 0 Å². The minimum Gasteiger partial charge on any atom is -0.481 e. The van der Waals surface area contributed by atoms with Gasteiger partial charge in [-0.3, -0.25) is 9.59 Å². The summed E-state index contributed by atoms with van der Waals surface area (Å²) in [6.45, 7) is 1.06. The van der Waals surface area contributed by atoms with Crippen LogP contribution in [0.1, 0.15) is 27.5 Å². The number of hydrogen-bond acceptors (Lipinski definition) is 5. The number of amides is 1. The third-order valence-electron chi connectivity index (χ3n) is 3.87. The lowest BCUT2D eigenvalue weighted by Gasteiger charge is -2.34. The van der Waals surface area contributed by atoms with E-state index in [1.165, 1.54) is 11.3 Å². The Morgan fingerprint density at radius 2 is 2.12 bits per heavy atom. The maximum atomic E-state index is 12.7. The Hall–Kier alpha value is -2.25. The first-order valence-corrected chi connectivity index (χ1v) is 8.60. The van der Waals surface area contributed by atoms with Gasteiger partial charge in [0, 0.05) is 18.3 Å². The van der Waals surface area contributed by atoms with Crippen LogP contribution in [-0.4, -0.2) is 52.7 Å². The highest BCUT2D eigenvalue weighted by molar-refractivity contribution is 7.09. The van der Waals surface area contributed by atoms with Crippen LogP contribution in [0.25, 0.3) is 0 Å². The van der Waals surface area contributed by atoms with Gasteiger partial charge in [-0.15, -0.1) is 11.3 Å². The molecule has 1 aliphatic rings. The molecule has 1 fully saturated rings. The number of morpholine rings is 1. The fourth-order valence-corrected chi connectivity index (χ4v) is 3.50. The first kappa shape index (κ1) is 16.6. The van der Waals surface area contributed by atoms with Crippen molar-refractivity contribution in [3.8, 4) is 0 Å². The zero-order chi connectivity index (χ0) is 16.9. The summed E-state index contributed by atoms with van der Waals surface area (Å²) in [4.78, 5) is 29.7. The summed E-state index contributed by atoms with van der Waals surface area (Å²) in [6.07, 6.45) is 0.563. The molecule has 1 unspecified atom stereocenters. The summed E-state index contributed by atoms with van der Waals surface area (Å²) < 4.78 is 5.31. The molecule has 0 spiro atoms. The third kappa shape index (κ3) is 3.98. The highest BCUT2D eigenvalue weighted by Gasteiger charge is 2.30. The molecule has 7 heteroatoms. The van der Waals surface area contributed by atoms with Crippen molar-refractivity contribution in [1.82, 2.24) is 9.88 Å². The molecule has 1 N–H and O–H groups in total. The number of carboxylic acid groups (broad SMARTS) is 1. The van der Waals surface area contributed by atoms with Gasteiger partial charge in [0.1, 0.15) is 5.69 Å². The molecule has 6 nitrogen and oxygen atoms in total. The van der Waals surface area contributed by atoms with E-state index in [0.29, 0.717) is 25.3 Å². The summed E-state index contributed by atoms with van der Waals surface area (Å²) in [5.74, 6) is -1.16. The van der Waals surface area contributed by atoms with Crippen molar-refractivity contribution in [2.24, 2.45) is 0 Å². The average Bonchev–Trinajstić information content (AvgIpc) is 3.03. The predicted molar refractivity (Wildman–Crippen MR) is 89.3 cm³/mol. The van der Waals surface area contributed by atoms with Crippen molar-refractivity contribution in [3.05, 3.63) is 52.0 Å². The highest BCUT2D eigenvalue weighted by atomic mass is 32.1. The SMILES string of the molecule is O=C(O)CC1COCCN1C(=O)c1csc(Cc2ccccc2)n1. The summed E-state index contributed by atoms with van der Waals surface area (Å²) in [6, 6.07) is 9.50. The number of nitrogens with zero attached hydrogens (tertiary/aromatic N) is 2. The molecule has 1 amide bonds. The lowest BCUT2D eigenvalue weighted by atomic mass is 10.1. The molecule has 0 bridgehead atoms. The molecule has 1 saturated heterocycles. The Morgan fingerprint density at radius 1 is 1.33 bits per heavy atom. The Morgan fingerprint density at radius 3 is 2.88 bits per heavy atom. The second-order valence-corrected chi connectivity index (χ2v) is 6.56. The minimum absolute atomic E-state index is 0.118. The molecule has 1 aromatic heterocycles. The molecule has 1 aliphatic heterocycles. The molecule has 0 aliphatic carbocycles. The Labute approximate surface area is 143 Å². The van der Waals surface area contributed by atoms with Gasteiger partial charge in [-0.25, -0.2) is 4.98 Å². The largest absolute Gasteiger partial charge is 0.481 e. The van der Waals surface area contributed by atoms with E-state index in [4.69, 9.17) is 9.84 Å². The Balaban J connectivity index is 1.71. The number of rotatable bonds is 5. The second-order valence-electron chi connectivity index (χ2n) is 5.61. The monoisotopic (exact) mass is 346 g/mol. The van der Waals surface area contributed by atoms with Crippen molar-refractivity contribution < 1.29 is 19.4 Å². The Bertz CT molecular complexity index is 716. The van der Waals surface area contributed by atoms with Gasteiger partial charge in [-0.1, -0.05) is 30.3 Å². The normalized spacial score (nSPS) is 17.7. The molecule has 126 valence electrons. The first-order valence-electron chi connectivity index (χ1n) is 7.72. The Kier molecular flexibility index (Phi) is 5.22. The van der Waals surface area contributed by atoms with Crippen LogP contribution in [0.4, 0.5) is 0 Å². The molecule has 1 atom stereocenters. The third-order valence-corrected chi connectivity index (χ3v) is 4.72. The van der Waals surface area contributed by atoms with E-state index in [2.05, 4.69) is 4.98 Å². The number of benzene rings is 1. The molecular formula is C17H18N2O4S. The zero-order valence-corrected chi connectivity index (χ0v) is 13.9. The molecule has 2 aromatic rings. The molecule has 2 heterocycles. The summed E-state index contributed by atoms with van der Waals surface area (Å²) in [5.41, 5.74) is 1.52. The van der Waals surface area contributed by atoms with E-state index in [1.807, 2.05) is 30.3 Å². The number of carbonyl (C=O) groups is 2. The van der Waals surface area contributed by atoms with Crippen LogP contribution in [0.3, 0.4) is 0 Å². The van der Waals surface area contributed by atoms with Crippen LogP contribution < -0.4 is 0 Å². The van der Waals surface area contributed by atoms with Gasteiger partial charge in [0.25, 0.3) is 5.91 Å². The van der Waals surface area contributed by atoms with Gasteiger partial charge in [0.05, 0.1) is 30.7 Å². The summed E-state index contributed by atoms with van der Waals surface area (Å²) in [7, 11) is 0. The average molecular weight is 346 g/mol. The lowest BCUT2D eigenvalue weighted by Crippen LogP contribution is -2.49. The zero-order valence-electron chi connectivity index (χ0n) is 13.1. The smallest absolute Gasteiger partial charge is 0.305 e. The fourth-order valence-electron chi connectivity index (χ4n) is 2.70. The topological polar surface area (TPSA) is 79.7 Å². The lowest BCUT2D eigenvalue weighted by molar-refractivity contribution is -0.139. The van der Waals surface area contributed by atoms with E-state index < -0.39 is 12.0 Å². The van der Waals surface area contributed by atoms with E-state index in [1.54, 1.807) is 10.3 Å². The molecule has 3 rings (SSSR count). The molecular weight excluding hydrogens is 328 g/mol. The maximum Gasteiger partial charge on any atom is 0.305 e. The van der Waals surface area contributed by atoms with Gasteiger partial charge in [-0.05, 0) is 5.56 Å². The number of thiazole rings is 1. The number of aliphatic carboxylic acids is 1. The fraction of sp³-hybridized carbons (Fsp3) is 0.353. The van der Waals surface area contributed by atoms with E-state index in [0.717, 1.165) is 10.6 Å². The van der Waals surface area contributed by atoms with E-state index in [-0.39, 0.29) is 18.9 Å². The predicted octanol–water partition coefficient (Wildman–Crippen LogP) is 2.05. The maximum absolute atomic E-state index is 12.7. The van der Waals surface area contributed by atoms with Crippen molar-refractivity contribution in [3.63, 3.8) is 0 Å². The van der Waals surface area contributed by atoms with Crippen LogP contribution in [0, 0.1) is 0 Å². The molecule has 1 aromatic carbocycles. The molecule has 0 saturated carbocycles. The number of carbonyl (C=O) groups excluding carboxylic acids is 1. The van der Waals surface area contributed by atoms with Crippen molar-refractivity contribution in [1.29, 1.82) is 0 Å². The summed E-state index contributed by atoms with van der Waals surface area (Å²) >= 11 is 1.45. The summed E-state index contributed by atoms with van der Waals surface area (Å²) in [5, 5.41) is 11.6. The standard InChI is InChI=1S/C17H18N2O4S/c20-16(21)9-13-10-23-7-6-19(13)17(22)14-11-24-15(18-14)8-12-4-2-1-3-5-12/h1-5,11,13H,6-10H2,(H,20,21). The minimum atomic E-state index is -0.939. The van der Waals surface area contributed by atoms with Gasteiger partial charge >= 0.3 is 5.97 Å². The first-order chi connectivity index (χ1) is 11.6. The number of hydrogen-bond donors (Lipinski definition) is 1. The second kappa shape index (κ2) is 7.55. The van der Waals surface area contributed by atoms with Crippen LogP contribution >= 0.6 is 11.3 Å². The van der Waals surface area contributed by atoms with Gasteiger partial charge in [0.2, 0.25) is 0 Å². The van der Waals surface area contributed by atoms with Crippen molar-refractivity contribution in [2.45, 2.75) is 18.9 Å². The van der Waals surface area contributed by atoms with Crippen LogP contribution in [0.15, 0.2) is 35.7 Å². The highest BCUT2D eigenvalue weighted by Crippen LogP contribution is 2.19. The van der Waals surface area contributed by atoms with Gasteiger partial charge in [0.15, 0.2) is 0 Å². The van der Waals surface area contributed by atoms with Crippen LogP contribution in [-0.2, 0) is 16.0 Å². The van der Waals surface area contributed by atoms with Crippen molar-refractivity contribution in [2.75, 3.05) is 19.8 Å². The van der Waals surface area contributed by atoms with Crippen LogP contribution in [0.2, 0.25) is 0 Å². The van der Waals surface area contributed by atoms with Gasteiger partial charge < -0.3 is 14.7 Å². The van der Waals surface area contributed by atoms with Crippen LogP contribution in [0.5, 0.6) is 0 Å². The van der Waals surface area contributed by atoms with Gasteiger partial charge in [-0.2, -0.15) is 0 Å². The molecule has 24 heavy (non-hydrogen) atoms. The quantitative estimate of drug-likeness (QED) is 0.896. The number of aromatic nitrogens is 1. The number of ether oxygens (including phenoxy) is 1.